The molecule has 0 spiro atoms. The molecule has 0 amide bonds. The normalized spacial score (nSPS) is 16.2. The second-order valence-electron chi connectivity index (χ2n) is 6.62. The summed E-state index contributed by atoms with van der Waals surface area (Å²) in [5.74, 6) is 0. The van der Waals surface area contributed by atoms with Gasteiger partial charge in [-0.1, -0.05) is 78.9 Å². The van der Waals surface area contributed by atoms with Crippen molar-refractivity contribution in [3.8, 4) is 0 Å². The Morgan fingerprint density at radius 2 is 1.32 bits per heavy atom. The highest BCUT2D eigenvalue weighted by Gasteiger charge is 2.32. The van der Waals surface area contributed by atoms with Crippen molar-refractivity contribution >= 4 is 22.1 Å². The highest BCUT2D eigenvalue weighted by atomic mass is 15.2. The minimum Gasteiger partial charge on any atom is -0.333 e. The zero-order chi connectivity index (χ0) is 16.6. The van der Waals surface area contributed by atoms with Crippen LogP contribution in [0.2, 0.25) is 0 Å². The third-order valence-electron chi connectivity index (χ3n) is 5.20. The maximum atomic E-state index is 2.50. The molecule has 5 rings (SSSR count). The van der Waals surface area contributed by atoms with E-state index in [0.29, 0.717) is 6.04 Å². The number of nitrogens with zero attached hydrogens (tertiary/aromatic N) is 1. The predicted octanol–water partition coefficient (Wildman–Crippen LogP) is 6.28. The van der Waals surface area contributed by atoms with Gasteiger partial charge in [0.1, 0.15) is 0 Å². The Kier molecular flexibility index (Phi) is 3.31. The van der Waals surface area contributed by atoms with Crippen LogP contribution in [0.15, 0.2) is 97.1 Å². The van der Waals surface area contributed by atoms with E-state index in [0.717, 1.165) is 6.42 Å². The zero-order valence-corrected chi connectivity index (χ0v) is 14.0. The second kappa shape index (κ2) is 5.78. The van der Waals surface area contributed by atoms with E-state index in [1.807, 2.05) is 0 Å². The first kappa shape index (κ1) is 14.3. The lowest BCUT2D eigenvalue weighted by Gasteiger charge is -2.28. The van der Waals surface area contributed by atoms with Crippen molar-refractivity contribution in [3.63, 3.8) is 0 Å². The third kappa shape index (κ3) is 2.32. The minimum absolute atomic E-state index is 0.337. The Labute approximate surface area is 148 Å². The van der Waals surface area contributed by atoms with Crippen LogP contribution in [0.3, 0.4) is 0 Å². The van der Waals surface area contributed by atoms with Crippen LogP contribution >= 0.6 is 0 Å². The SMILES string of the molecule is c1ccc(C2Cc3c(ccc4ccccc34)N2c2ccccc2)cc1. The summed E-state index contributed by atoms with van der Waals surface area (Å²) in [6.07, 6.45) is 1.04. The minimum atomic E-state index is 0.337. The van der Waals surface area contributed by atoms with Gasteiger partial charge < -0.3 is 4.90 Å². The van der Waals surface area contributed by atoms with Gasteiger partial charge in [0, 0.05) is 11.4 Å². The van der Waals surface area contributed by atoms with Crippen molar-refractivity contribution in [2.75, 3.05) is 4.90 Å². The summed E-state index contributed by atoms with van der Waals surface area (Å²) in [7, 11) is 0. The lowest BCUT2D eigenvalue weighted by Crippen LogP contribution is -2.19. The molecule has 0 fully saturated rings. The van der Waals surface area contributed by atoms with E-state index >= 15 is 0 Å². The molecule has 25 heavy (non-hydrogen) atoms. The standard InChI is InChI=1S/C24H19N/c1-3-10-19(11-4-1)24-17-22-21-14-8-7-9-18(21)15-16-23(22)25(24)20-12-5-2-6-13-20/h1-16,24H,17H2. The van der Waals surface area contributed by atoms with E-state index < -0.39 is 0 Å². The van der Waals surface area contributed by atoms with Crippen molar-refractivity contribution in [3.05, 3.63) is 108 Å². The highest BCUT2D eigenvalue weighted by Crippen LogP contribution is 2.47. The topological polar surface area (TPSA) is 3.24 Å². The van der Waals surface area contributed by atoms with Crippen LogP contribution < -0.4 is 4.90 Å². The highest BCUT2D eigenvalue weighted by molar-refractivity contribution is 5.93. The van der Waals surface area contributed by atoms with Gasteiger partial charge in [0.15, 0.2) is 0 Å². The van der Waals surface area contributed by atoms with E-state index in [9.17, 15) is 0 Å². The Bertz CT molecular complexity index is 1020. The summed E-state index contributed by atoms with van der Waals surface area (Å²) in [6, 6.07) is 35.2. The molecule has 0 saturated heterocycles. The van der Waals surface area contributed by atoms with Crippen molar-refractivity contribution in [2.45, 2.75) is 12.5 Å². The largest absolute Gasteiger partial charge is 0.333 e. The Hall–Kier alpha value is -3.06. The molecule has 0 saturated carbocycles. The molecule has 120 valence electrons. The van der Waals surface area contributed by atoms with Crippen molar-refractivity contribution in [2.24, 2.45) is 0 Å². The molecule has 1 unspecified atom stereocenters. The smallest absolute Gasteiger partial charge is 0.0633 e. The Morgan fingerprint density at radius 3 is 2.12 bits per heavy atom. The van der Waals surface area contributed by atoms with E-state index in [1.165, 1.54) is 33.3 Å². The van der Waals surface area contributed by atoms with Crippen LogP contribution in [0.5, 0.6) is 0 Å². The number of benzene rings is 4. The van der Waals surface area contributed by atoms with Gasteiger partial charge in [-0.3, -0.25) is 0 Å². The van der Waals surface area contributed by atoms with Crippen molar-refractivity contribution < 1.29 is 0 Å². The molecule has 1 aliphatic rings. The number of rotatable bonds is 2. The molecular weight excluding hydrogens is 302 g/mol. The number of anilines is 2. The molecule has 0 bridgehead atoms. The molecule has 0 N–H and O–H groups in total. The summed E-state index contributed by atoms with van der Waals surface area (Å²) < 4.78 is 0. The molecule has 1 nitrogen and oxygen atoms in total. The first-order chi connectivity index (χ1) is 12.4. The van der Waals surface area contributed by atoms with E-state index in [2.05, 4.69) is 102 Å². The van der Waals surface area contributed by atoms with Crippen LogP contribution in [0.4, 0.5) is 11.4 Å². The van der Waals surface area contributed by atoms with Crippen LogP contribution in [-0.2, 0) is 6.42 Å². The first-order valence-electron chi connectivity index (χ1n) is 8.82. The zero-order valence-electron chi connectivity index (χ0n) is 14.0. The average Bonchev–Trinajstić information content (AvgIpc) is 3.09. The van der Waals surface area contributed by atoms with Crippen molar-refractivity contribution in [1.29, 1.82) is 0 Å². The fourth-order valence-corrected chi connectivity index (χ4v) is 4.07. The van der Waals surface area contributed by atoms with Gasteiger partial charge in [-0.05, 0) is 46.5 Å². The van der Waals surface area contributed by atoms with E-state index in [1.54, 1.807) is 0 Å². The van der Waals surface area contributed by atoms with Gasteiger partial charge in [-0.25, -0.2) is 0 Å². The lowest BCUT2D eigenvalue weighted by molar-refractivity contribution is 0.744. The Balaban J connectivity index is 1.74. The molecule has 0 aliphatic carbocycles. The van der Waals surface area contributed by atoms with Gasteiger partial charge in [0.25, 0.3) is 0 Å². The molecule has 4 aromatic carbocycles. The number of para-hydroxylation sites is 1. The van der Waals surface area contributed by atoms with Gasteiger partial charge in [-0.15, -0.1) is 0 Å². The second-order valence-corrected chi connectivity index (χ2v) is 6.62. The monoisotopic (exact) mass is 321 g/mol. The van der Waals surface area contributed by atoms with Gasteiger partial charge in [0.2, 0.25) is 0 Å². The fraction of sp³-hybridized carbons (Fsp3) is 0.0833. The Morgan fingerprint density at radius 1 is 0.640 bits per heavy atom. The average molecular weight is 321 g/mol. The number of fused-ring (bicyclic) bond motifs is 3. The van der Waals surface area contributed by atoms with Crippen LogP contribution in [0.25, 0.3) is 10.8 Å². The number of hydrogen-bond acceptors (Lipinski definition) is 1. The molecule has 1 aliphatic heterocycles. The molecule has 0 aromatic heterocycles. The van der Waals surface area contributed by atoms with Gasteiger partial charge in [-0.2, -0.15) is 0 Å². The van der Waals surface area contributed by atoms with Crippen LogP contribution in [0, 0.1) is 0 Å². The lowest BCUT2D eigenvalue weighted by atomic mass is 9.98. The van der Waals surface area contributed by atoms with Gasteiger partial charge >= 0.3 is 0 Å². The molecule has 1 heterocycles. The molecule has 4 aromatic rings. The summed E-state index contributed by atoms with van der Waals surface area (Å²) in [6.45, 7) is 0. The summed E-state index contributed by atoms with van der Waals surface area (Å²) in [5, 5.41) is 2.70. The summed E-state index contributed by atoms with van der Waals surface area (Å²) in [5.41, 5.74) is 5.41. The van der Waals surface area contributed by atoms with Crippen LogP contribution in [-0.4, -0.2) is 0 Å². The third-order valence-corrected chi connectivity index (χ3v) is 5.20. The summed E-state index contributed by atoms with van der Waals surface area (Å²) >= 11 is 0. The fourth-order valence-electron chi connectivity index (χ4n) is 4.07. The van der Waals surface area contributed by atoms with Crippen LogP contribution in [0.1, 0.15) is 17.2 Å². The maximum Gasteiger partial charge on any atom is 0.0633 e. The molecular formula is C24H19N. The first-order valence-corrected chi connectivity index (χ1v) is 8.82. The maximum absolute atomic E-state index is 2.50. The van der Waals surface area contributed by atoms with Gasteiger partial charge in [0.05, 0.1) is 6.04 Å². The van der Waals surface area contributed by atoms with E-state index in [-0.39, 0.29) is 0 Å². The summed E-state index contributed by atoms with van der Waals surface area (Å²) in [4.78, 5) is 2.50. The molecule has 0 radical (unpaired) electrons. The molecule has 1 atom stereocenters. The van der Waals surface area contributed by atoms with Crippen molar-refractivity contribution in [1.82, 2.24) is 0 Å². The predicted molar refractivity (Wildman–Crippen MR) is 105 cm³/mol. The quantitative estimate of drug-likeness (QED) is 0.420. The van der Waals surface area contributed by atoms with E-state index in [4.69, 9.17) is 0 Å². The molecule has 1 heteroatoms. The number of hydrogen-bond donors (Lipinski definition) is 0.